The third-order valence-corrected chi connectivity index (χ3v) is 3.10. The van der Waals surface area contributed by atoms with Crippen LogP contribution >= 0.6 is 0 Å². The van der Waals surface area contributed by atoms with Gasteiger partial charge in [-0.25, -0.2) is 9.37 Å². The molecule has 0 bridgehead atoms. The summed E-state index contributed by atoms with van der Waals surface area (Å²) in [6.45, 7) is 0. The topological polar surface area (TPSA) is 102 Å². The normalized spacial score (nSPS) is 11.0. The van der Waals surface area contributed by atoms with Gasteiger partial charge in [0.1, 0.15) is 5.82 Å². The van der Waals surface area contributed by atoms with Gasteiger partial charge in [-0.1, -0.05) is 6.07 Å². The fourth-order valence-corrected chi connectivity index (χ4v) is 1.95. The van der Waals surface area contributed by atoms with Gasteiger partial charge >= 0.3 is 5.95 Å². The van der Waals surface area contributed by atoms with Gasteiger partial charge in [-0.05, 0) is 30.3 Å². The maximum atomic E-state index is 13.1. The molecule has 1 N–H and O–H groups in total. The summed E-state index contributed by atoms with van der Waals surface area (Å²) in [5, 5.41) is 20.4. The minimum Gasteiger partial charge on any atom is -0.479 e. The second kappa shape index (κ2) is 6.29. The van der Waals surface area contributed by atoms with Crippen LogP contribution in [0.4, 0.5) is 15.8 Å². The Kier molecular flexibility index (Phi) is 4.02. The molecule has 1 heterocycles. The third-order valence-electron chi connectivity index (χ3n) is 3.10. The molecule has 0 fully saturated rings. The fraction of sp³-hybridized carbons (Fsp3) is 0. The predicted molar refractivity (Wildman–Crippen MR) is 83.9 cm³/mol. The molecular formula is C16H10FN3O4. The van der Waals surface area contributed by atoms with Gasteiger partial charge in [-0.15, -0.1) is 0 Å². The highest BCUT2D eigenvalue weighted by Crippen LogP contribution is 2.27. The molecule has 3 aromatic rings. The van der Waals surface area contributed by atoms with E-state index in [0.717, 1.165) is 0 Å². The van der Waals surface area contributed by atoms with Crippen molar-refractivity contribution in [1.29, 1.82) is 0 Å². The van der Waals surface area contributed by atoms with Gasteiger partial charge < -0.3 is 9.52 Å². The molecule has 0 unspecified atom stereocenters. The molecular weight excluding hydrogens is 317 g/mol. The minimum atomic E-state index is -0.520. The Bertz CT molecular complexity index is 919. The average Bonchev–Trinajstić information content (AvgIpc) is 2.94. The second-order valence-corrected chi connectivity index (χ2v) is 4.75. The van der Waals surface area contributed by atoms with E-state index in [1.807, 2.05) is 0 Å². The van der Waals surface area contributed by atoms with Crippen LogP contribution in [-0.4, -0.2) is 21.2 Å². The number of aliphatic imine (C=N–C) groups is 1. The first kappa shape index (κ1) is 15.3. The molecule has 7 nitrogen and oxygen atoms in total. The summed E-state index contributed by atoms with van der Waals surface area (Å²) in [7, 11) is 0. The number of rotatable bonds is 4. The number of aromatic hydroxyl groups is 1. The molecule has 0 spiro atoms. The summed E-state index contributed by atoms with van der Waals surface area (Å²) in [5.74, 6) is -0.799. The zero-order chi connectivity index (χ0) is 17.1. The van der Waals surface area contributed by atoms with Crippen molar-refractivity contribution >= 4 is 17.6 Å². The minimum absolute atomic E-state index is 0.0626. The Morgan fingerprint density at radius 1 is 1.25 bits per heavy atom. The van der Waals surface area contributed by atoms with E-state index in [1.165, 1.54) is 48.7 Å². The van der Waals surface area contributed by atoms with Crippen LogP contribution in [0, 0.1) is 15.9 Å². The Morgan fingerprint density at radius 2 is 2.00 bits per heavy atom. The van der Waals surface area contributed by atoms with Crippen LogP contribution < -0.4 is 0 Å². The highest BCUT2D eigenvalue weighted by atomic mass is 19.1. The Balaban J connectivity index is 1.86. The van der Waals surface area contributed by atoms with Crippen molar-refractivity contribution < 1.29 is 18.8 Å². The summed E-state index contributed by atoms with van der Waals surface area (Å²) in [5.41, 5.74) is 0.811. The predicted octanol–water partition coefficient (Wildman–Crippen LogP) is 3.85. The Labute approximate surface area is 134 Å². The number of hydrogen-bond acceptors (Lipinski definition) is 6. The van der Waals surface area contributed by atoms with Crippen LogP contribution in [-0.2, 0) is 0 Å². The monoisotopic (exact) mass is 327 g/mol. The Hall–Kier alpha value is -3.55. The van der Waals surface area contributed by atoms with E-state index in [2.05, 4.69) is 9.98 Å². The number of halogens is 1. The van der Waals surface area contributed by atoms with Crippen LogP contribution in [0.5, 0.6) is 5.95 Å². The lowest BCUT2D eigenvalue weighted by atomic mass is 10.2. The summed E-state index contributed by atoms with van der Waals surface area (Å²) in [6.07, 6.45) is 1.24. The van der Waals surface area contributed by atoms with Crippen molar-refractivity contribution in [3.05, 3.63) is 70.2 Å². The lowest BCUT2D eigenvalue weighted by Gasteiger charge is -1.94. The molecule has 24 heavy (non-hydrogen) atoms. The van der Waals surface area contributed by atoms with Crippen molar-refractivity contribution in [2.24, 2.45) is 4.99 Å². The van der Waals surface area contributed by atoms with Crippen molar-refractivity contribution in [2.45, 2.75) is 0 Å². The molecule has 3 rings (SSSR count). The number of hydrogen-bond donors (Lipinski definition) is 1. The number of nitro benzene ring substituents is 1. The molecule has 0 aliphatic rings. The smallest absolute Gasteiger partial charge is 0.312 e. The molecule has 0 saturated carbocycles. The van der Waals surface area contributed by atoms with Gasteiger partial charge in [0.05, 0.1) is 16.8 Å². The van der Waals surface area contributed by atoms with Crippen LogP contribution in [0.2, 0.25) is 0 Å². The number of oxazole rings is 1. The molecule has 0 aliphatic heterocycles. The van der Waals surface area contributed by atoms with E-state index >= 15 is 0 Å². The van der Waals surface area contributed by atoms with E-state index in [9.17, 15) is 19.6 Å². The fourth-order valence-electron chi connectivity index (χ4n) is 1.95. The van der Waals surface area contributed by atoms with Crippen molar-refractivity contribution in [3.63, 3.8) is 0 Å². The molecule has 0 aliphatic carbocycles. The molecule has 0 saturated heterocycles. The van der Waals surface area contributed by atoms with E-state index in [-0.39, 0.29) is 17.3 Å². The highest BCUT2D eigenvalue weighted by Gasteiger charge is 2.13. The summed E-state index contributed by atoms with van der Waals surface area (Å²) < 4.78 is 18.2. The SMILES string of the molecule is O=[N+]([O-])c1ccc(-c2nc(C=Nc3cccc(F)c3)c(O)o2)cc1. The van der Waals surface area contributed by atoms with Crippen LogP contribution in [0.1, 0.15) is 5.69 Å². The molecule has 0 atom stereocenters. The number of benzene rings is 2. The van der Waals surface area contributed by atoms with E-state index in [4.69, 9.17) is 4.42 Å². The van der Waals surface area contributed by atoms with E-state index in [0.29, 0.717) is 11.3 Å². The average molecular weight is 327 g/mol. The van der Waals surface area contributed by atoms with Crippen LogP contribution in [0.3, 0.4) is 0 Å². The van der Waals surface area contributed by atoms with Gasteiger partial charge in [0.25, 0.3) is 5.69 Å². The van der Waals surface area contributed by atoms with Crippen molar-refractivity contribution in [2.75, 3.05) is 0 Å². The maximum Gasteiger partial charge on any atom is 0.312 e. The van der Waals surface area contributed by atoms with Gasteiger partial charge in [-0.3, -0.25) is 15.1 Å². The zero-order valence-corrected chi connectivity index (χ0v) is 12.1. The molecule has 2 aromatic carbocycles. The van der Waals surface area contributed by atoms with Gasteiger partial charge in [0.15, 0.2) is 5.69 Å². The number of nitrogens with zero attached hydrogens (tertiary/aromatic N) is 3. The maximum absolute atomic E-state index is 13.1. The van der Waals surface area contributed by atoms with E-state index < -0.39 is 16.7 Å². The molecule has 120 valence electrons. The summed E-state index contributed by atoms with van der Waals surface area (Å²) in [4.78, 5) is 18.2. The Morgan fingerprint density at radius 3 is 2.67 bits per heavy atom. The quantitative estimate of drug-likeness (QED) is 0.445. The van der Waals surface area contributed by atoms with Gasteiger partial charge in [0.2, 0.25) is 5.89 Å². The number of non-ortho nitro benzene ring substituents is 1. The first-order valence-electron chi connectivity index (χ1n) is 6.77. The van der Waals surface area contributed by atoms with Gasteiger partial charge in [-0.2, -0.15) is 0 Å². The molecule has 8 heteroatoms. The first-order chi connectivity index (χ1) is 11.5. The van der Waals surface area contributed by atoms with Crippen LogP contribution in [0.15, 0.2) is 57.9 Å². The second-order valence-electron chi connectivity index (χ2n) is 4.75. The summed E-state index contributed by atoms with van der Waals surface area (Å²) in [6, 6.07) is 11.1. The van der Waals surface area contributed by atoms with Gasteiger partial charge in [0, 0.05) is 17.7 Å². The molecule has 1 aromatic heterocycles. The number of aromatic nitrogens is 1. The standard InChI is InChI=1S/C16H10FN3O4/c17-11-2-1-3-12(8-11)18-9-14-16(21)24-15(19-14)10-4-6-13(7-5-10)20(22)23/h1-9,21H. The van der Waals surface area contributed by atoms with Crippen molar-refractivity contribution in [3.8, 4) is 17.4 Å². The summed E-state index contributed by atoms with van der Waals surface area (Å²) >= 11 is 0. The zero-order valence-electron chi connectivity index (χ0n) is 12.1. The lowest BCUT2D eigenvalue weighted by Crippen LogP contribution is -1.87. The lowest BCUT2D eigenvalue weighted by molar-refractivity contribution is -0.384. The molecule has 0 radical (unpaired) electrons. The third kappa shape index (κ3) is 3.27. The van der Waals surface area contributed by atoms with Crippen LogP contribution in [0.25, 0.3) is 11.5 Å². The largest absolute Gasteiger partial charge is 0.479 e. The first-order valence-corrected chi connectivity index (χ1v) is 6.77. The highest BCUT2D eigenvalue weighted by molar-refractivity contribution is 5.82. The number of nitro groups is 1. The molecule has 0 amide bonds. The van der Waals surface area contributed by atoms with Crippen molar-refractivity contribution in [1.82, 2.24) is 4.98 Å². The van der Waals surface area contributed by atoms with E-state index in [1.54, 1.807) is 6.07 Å².